The average molecular weight is 445 g/mol. The summed E-state index contributed by atoms with van der Waals surface area (Å²) < 4.78 is 41.1. The predicted molar refractivity (Wildman–Crippen MR) is 114 cm³/mol. The molecule has 8 heteroatoms. The molecule has 0 aliphatic carbocycles. The highest BCUT2D eigenvalue weighted by atomic mass is 35.5. The summed E-state index contributed by atoms with van der Waals surface area (Å²) in [5, 5.41) is -0.265. The molecule has 0 atom stereocenters. The lowest BCUT2D eigenvalue weighted by Gasteiger charge is -2.29. The van der Waals surface area contributed by atoms with Crippen LogP contribution in [0.2, 0.25) is 5.02 Å². The molecule has 0 aromatic heterocycles. The van der Waals surface area contributed by atoms with Crippen molar-refractivity contribution in [1.82, 2.24) is 4.90 Å². The fourth-order valence-electron chi connectivity index (χ4n) is 3.42. The van der Waals surface area contributed by atoms with Crippen molar-refractivity contribution in [2.45, 2.75) is 17.9 Å². The molecule has 1 heterocycles. The lowest BCUT2D eigenvalue weighted by atomic mass is 9.98. The molecular formula is C22H18ClFN2O3S. The van der Waals surface area contributed by atoms with Crippen molar-refractivity contribution in [1.29, 1.82) is 0 Å². The normalized spacial score (nSPS) is 13.6. The number of carbonyl (C=O) groups excluding carboxylic acids is 1. The molecule has 3 aromatic rings. The van der Waals surface area contributed by atoms with Crippen LogP contribution >= 0.6 is 11.6 Å². The van der Waals surface area contributed by atoms with E-state index in [1.807, 2.05) is 24.3 Å². The second kappa shape index (κ2) is 8.08. The Morgan fingerprint density at radius 1 is 1.00 bits per heavy atom. The van der Waals surface area contributed by atoms with Crippen LogP contribution in [0.25, 0.3) is 0 Å². The van der Waals surface area contributed by atoms with E-state index in [0.29, 0.717) is 30.8 Å². The average Bonchev–Trinajstić information content (AvgIpc) is 2.75. The van der Waals surface area contributed by atoms with Crippen LogP contribution in [0.5, 0.6) is 0 Å². The van der Waals surface area contributed by atoms with Crippen molar-refractivity contribution < 1.29 is 17.6 Å². The number of rotatable bonds is 4. The summed E-state index contributed by atoms with van der Waals surface area (Å²) >= 11 is 5.71. The molecule has 0 radical (unpaired) electrons. The number of nitrogens with one attached hydrogen (secondary N) is 1. The number of benzene rings is 3. The van der Waals surface area contributed by atoms with Crippen molar-refractivity contribution in [2.75, 3.05) is 11.3 Å². The van der Waals surface area contributed by atoms with Crippen molar-refractivity contribution in [3.05, 3.63) is 94.3 Å². The lowest BCUT2D eigenvalue weighted by Crippen LogP contribution is -2.36. The van der Waals surface area contributed by atoms with Crippen molar-refractivity contribution >= 4 is 33.2 Å². The Bertz CT molecular complexity index is 1220. The fourth-order valence-corrected chi connectivity index (χ4v) is 4.74. The molecule has 1 N–H and O–H groups in total. The van der Waals surface area contributed by atoms with Gasteiger partial charge in [0.2, 0.25) is 0 Å². The second-order valence-electron chi connectivity index (χ2n) is 7.01. The molecule has 30 heavy (non-hydrogen) atoms. The summed E-state index contributed by atoms with van der Waals surface area (Å²) in [7, 11) is -3.93. The third-order valence-corrected chi connectivity index (χ3v) is 6.65. The van der Waals surface area contributed by atoms with Crippen molar-refractivity contribution in [3.8, 4) is 0 Å². The van der Waals surface area contributed by atoms with E-state index in [4.69, 9.17) is 11.6 Å². The first-order chi connectivity index (χ1) is 14.3. The zero-order chi connectivity index (χ0) is 21.3. The molecular weight excluding hydrogens is 427 g/mol. The number of hydrogen-bond donors (Lipinski definition) is 1. The number of fused-ring (bicyclic) bond motifs is 1. The van der Waals surface area contributed by atoms with Gasteiger partial charge in [0, 0.05) is 24.3 Å². The third-order valence-electron chi connectivity index (χ3n) is 4.98. The van der Waals surface area contributed by atoms with Crippen LogP contribution in [0, 0.1) is 5.82 Å². The van der Waals surface area contributed by atoms with Crippen molar-refractivity contribution in [3.63, 3.8) is 0 Å². The van der Waals surface area contributed by atoms with Gasteiger partial charge in [-0.3, -0.25) is 9.52 Å². The predicted octanol–water partition coefficient (Wildman–Crippen LogP) is 4.48. The number of hydrogen-bond acceptors (Lipinski definition) is 3. The van der Waals surface area contributed by atoms with Gasteiger partial charge in [-0.2, -0.15) is 0 Å². The van der Waals surface area contributed by atoms with Gasteiger partial charge in [0.05, 0.1) is 9.92 Å². The monoisotopic (exact) mass is 444 g/mol. The SMILES string of the molecule is O=C(c1ccccc1)N1CCc2ccc(NS(=O)(=O)c3ccc(F)c(Cl)c3)cc2C1. The molecule has 4 rings (SSSR count). The molecule has 1 aliphatic heterocycles. The Hall–Kier alpha value is -2.90. The van der Waals surface area contributed by atoms with Crippen LogP contribution < -0.4 is 4.72 Å². The molecule has 3 aromatic carbocycles. The van der Waals surface area contributed by atoms with Gasteiger partial charge >= 0.3 is 0 Å². The molecule has 0 saturated carbocycles. The minimum atomic E-state index is -3.93. The highest BCUT2D eigenvalue weighted by Crippen LogP contribution is 2.26. The molecule has 5 nitrogen and oxygen atoms in total. The van der Waals surface area contributed by atoms with Crippen molar-refractivity contribution in [2.24, 2.45) is 0 Å². The molecule has 1 amide bonds. The van der Waals surface area contributed by atoms with E-state index in [9.17, 15) is 17.6 Å². The molecule has 1 aliphatic rings. The molecule has 0 saturated heterocycles. The van der Waals surface area contributed by atoms with Gasteiger partial charge in [-0.05, 0) is 60.0 Å². The number of nitrogens with zero attached hydrogens (tertiary/aromatic N) is 1. The Balaban J connectivity index is 1.55. The quantitative estimate of drug-likeness (QED) is 0.645. The van der Waals surface area contributed by atoms with Gasteiger partial charge in [-0.1, -0.05) is 35.9 Å². The number of amides is 1. The minimum Gasteiger partial charge on any atom is -0.334 e. The smallest absolute Gasteiger partial charge is 0.261 e. The number of anilines is 1. The Morgan fingerprint density at radius 2 is 1.77 bits per heavy atom. The highest BCUT2D eigenvalue weighted by Gasteiger charge is 2.23. The third kappa shape index (κ3) is 4.17. The standard InChI is InChI=1S/C22H18ClFN2O3S/c23-20-13-19(8-9-21(20)24)30(28,29)25-18-7-6-15-10-11-26(14-17(15)12-18)22(27)16-4-2-1-3-5-16/h1-9,12-13,25H,10-11,14H2. The summed E-state index contributed by atoms with van der Waals surface area (Å²) in [6.45, 7) is 0.987. The van der Waals surface area contributed by atoms with Crippen LogP contribution in [0.15, 0.2) is 71.6 Å². The number of carbonyl (C=O) groups is 1. The maximum Gasteiger partial charge on any atom is 0.261 e. The largest absolute Gasteiger partial charge is 0.334 e. The van der Waals surface area contributed by atoms with E-state index in [-0.39, 0.29) is 15.8 Å². The first kappa shape index (κ1) is 20.4. The van der Waals surface area contributed by atoms with Gasteiger partial charge < -0.3 is 4.90 Å². The van der Waals surface area contributed by atoms with Gasteiger partial charge in [0.1, 0.15) is 5.82 Å². The van der Waals surface area contributed by atoms with Gasteiger partial charge in [0.25, 0.3) is 15.9 Å². The van der Waals surface area contributed by atoms with E-state index in [0.717, 1.165) is 29.3 Å². The Labute approximate surface area is 179 Å². The summed E-state index contributed by atoms with van der Waals surface area (Å²) in [5.41, 5.74) is 2.93. The second-order valence-corrected chi connectivity index (χ2v) is 9.10. The molecule has 154 valence electrons. The van der Waals surface area contributed by atoms with Crippen LogP contribution in [0.4, 0.5) is 10.1 Å². The first-order valence-electron chi connectivity index (χ1n) is 9.27. The first-order valence-corrected chi connectivity index (χ1v) is 11.1. The van der Waals surface area contributed by atoms with Crippen LogP contribution in [0.1, 0.15) is 21.5 Å². The Kier molecular flexibility index (Phi) is 5.49. The van der Waals surface area contributed by atoms with Crippen LogP contribution in [0.3, 0.4) is 0 Å². The summed E-state index contributed by atoms with van der Waals surface area (Å²) in [4.78, 5) is 14.4. The number of halogens is 2. The van der Waals surface area contributed by atoms with E-state index in [2.05, 4.69) is 4.72 Å². The lowest BCUT2D eigenvalue weighted by molar-refractivity contribution is 0.0734. The zero-order valence-electron chi connectivity index (χ0n) is 15.8. The molecule has 0 spiro atoms. The van der Waals surface area contributed by atoms with Gasteiger partial charge in [-0.25, -0.2) is 12.8 Å². The molecule has 0 bridgehead atoms. The van der Waals surface area contributed by atoms with Crippen LogP contribution in [-0.4, -0.2) is 25.8 Å². The van der Waals surface area contributed by atoms with E-state index in [1.165, 1.54) is 0 Å². The van der Waals surface area contributed by atoms with Gasteiger partial charge in [0.15, 0.2) is 0 Å². The topological polar surface area (TPSA) is 66.5 Å². The zero-order valence-corrected chi connectivity index (χ0v) is 17.4. The highest BCUT2D eigenvalue weighted by molar-refractivity contribution is 7.92. The van der Waals surface area contributed by atoms with E-state index in [1.54, 1.807) is 29.2 Å². The summed E-state index contributed by atoms with van der Waals surface area (Å²) in [5.74, 6) is -0.749. The molecule has 0 fully saturated rings. The minimum absolute atomic E-state index is 0.0619. The fraction of sp³-hybridized carbons (Fsp3) is 0.136. The van der Waals surface area contributed by atoms with Crippen LogP contribution in [-0.2, 0) is 23.0 Å². The van der Waals surface area contributed by atoms with Gasteiger partial charge in [-0.15, -0.1) is 0 Å². The summed E-state index contributed by atoms with van der Waals surface area (Å²) in [6.07, 6.45) is 0.689. The molecule has 0 unspecified atom stereocenters. The maximum absolute atomic E-state index is 13.3. The Morgan fingerprint density at radius 3 is 2.50 bits per heavy atom. The van der Waals surface area contributed by atoms with E-state index < -0.39 is 15.8 Å². The summed E-state index contributed by atoms with van der Waals surface area (Å²) in [6, 6.07) is 17.5. The number of sulfonamides is 1. The maximum atomic E-state index is 13.3. The van der Waals surface area contributed by atoms with E-state index >= 15 is 0 Å².